The van der Waals surface area contributed by atoms with Gasteiger partial charge in [-0.25, -0.2) is 0 Å². The van der Waals surface area contributed by atoms with Crippen molar-refractivity contribution in [2.45, 2.75) is 44.8 Å². The van der Waals surface area contributed by atoms with Crippen molar-refractivity contribution in [2.24, 2.45) is 0 Å². The van der Waals surface area contributed by atoms with E-state index in [1.807, 2.05) is 58.0 Å². The Kier molecular flexibility index (Phi) is 11.3. The van der Waals surface area contributed by atoms with E-state index < -0.39 is 0 Å². The van der Waals surface area contributed by atoms with Crippen LogP contribution in [0.25, 0.3) is 16.7 Å². The normalized spacial score (nSPS) is 11.7. The fraction of sp³-hybridized carbons (Fsp3) is 0.276. The number of esters is 1. The van der Waals surface area contributed by atoms with Gasteiger partial charge in [0.25, 0.3) is 0 Å². The van der Waals surface area contributed by atoms with E-state index in [1.165, 1.54) is 34.0 Å². The van der Waals surface area contributed by atoms with Crippen molar-refractivity contribution < 1.29 is 14.3 Å². The van der Waals surface area contributed by atoms with Gasteiger partial charge in [0.05, 0.1) is 6.61 Å². The molecule has 1 atom stereocenters. The van der Waals surface area contributed by atoms with Crippen LogP contribution in [0, 0.1) is 0 Å². The zero-order valence-corrected chi connectivity index (χ0v) is 21.0. The second-order valence-electron chi connectivity index (χ2n) is 7.13. The van der Waals surface area contributed by atoms with Gasteiger partial charge in [-0.2, -0.15) is 0 Å². The van der Waals surface area contributed by atoms with Crippen LogP contribution in [0.5, 0.6) is 5.75 Å². The minimum Gasteiger partial charge on any atom is -0.490 e. The maximum absolute atomic E-state index is 11.8. The van der Waals surface area contributed by atoms with Crippen molar-refractivity contribution in [3.05, 3.63) is 90.5 Å². The minimum atomic E-state index is -0.231. The molecular weight excluding hydrogens is 428 g/mol. The smallest absolute Gasteiger partial charge is 0.319 e. The summed E-state index contributed by atoms with van der Waals surface area (Å²) in [5.74, 6) is 0.613. The van der Waals surface area contributed by atoms with Crippen LogP contribution >= 0.6 is 11.8 Å². The highest BCUT2D eigenvalue weighted by atomic mass is 32.2. The average Bonchev–Trinajstić information content (AvgIpc) is 2.87. The largest absolute Gasteiger partial charge is 0.490 e. The average molecular weight is 463 g/mol. The second kappa shape index (κ2) is 14.2. The van der Waals surface area contributed by atoms with Crippen molar-refractivity contribution in [1.29, 1.82) is 0 Å². The van der Waals surface area contributed by atoms with Gasteiger partial charge in [-0.1, -0.05) is 68.4 Å². The molecule has 4 heteroatoms. The Morgan fingerprint density at radius 2 is 1.52 bits per heavy atom. The highest BCUT2D eigenvalue weighted by molar-refractivity contribution is 8.00. The standard InChI is InChI=1S/C27H28O3S.C2H6/c1-4-29-27(28)21(3)31-26-16-14-25(15-17-26)30-19-18-20(2)22-10-12-24(13-11-22)23-8-6-5-7-9-23;1-2/h5-18,21H,4,19H2,1-3H3;1-2H3/b20-18+;. The molecule has 3 aromatic carbocycles. The topological polar surface area (TPSA) is 35.5 Å². The van der Waals surface area contributed by atoms with Gasteiger partial charge in [-0.05, 0) is 73.4 Å². The SMILES string of the molecule is CC.CCOC(=O)C(C)Sc1ccc(OC/C=C(\C)c2ccc(-c3ccccc3)cc2)cc1. The lowest BCUT2D eigenvalue weighted by atomic mass is 10.0. The first-order chi connectivity index (χ1) is 16.1. The van der Waals surface area contributed by atoms with E-state index in [4.69, 9.17) is 9.47 Å². The number of hydrogen-bond donors (Lipinski definition) is 0. The van der Waals surface area contributed by atoms with Crippen LogP contribution in [0.2, 0.25) is 0 Å². The summed E-state index contributed by atoms with van der Waals surface area (Å²) in [6.45, 7) is 10.7. The third kappa shape index (κ3) is 8.47. The summed E-state index contributed by atoms with van der Waals surface area (Å²) in [6, 6.07) is 26.7. The summed E-state index contributed by atoms with van der Waals surface area (Å²) in [5.41, 5.74) is 4.79. The first kappa shape index (κ1) is 26.3. The molecule has 0 amide bonds. The zero-order valence-electron chi connectivity index (χ0n) is 20.2. The van der Waals surface area contributed by atoms with Gasteiger partial charge >= 0.3 is 5.97 Å². The van der Waals surface area contributed by atoms with E-state index in [2.05, 4.69) is 61.5 Å². The monoisotopic (exact) mass is 462 g/mol. The first-order valence-corrected chi connectivity index (χ1v) is 12.3. The highest BCUT2D eigenvalue weighted by Gasteiger charge is 2.15. The van der Waals surface area contributed by atoms with Gasteiger partial charge in [-0.3, -0.25) is 4.79 Å². The van der Waals surface area contributed by atoms with Gasteiger partial charge in [0.2, 0.25) is 0 Å². The number of hydrogen-bond acceptors (Lipinski definition) is 4. The van der Waals surface area contributed by atoms with Crippen molar-refractivity contribution in [1.82, 2.24) is 0 Å². The third-order valence-corrected chi connectivity index (χ3v) is 5.93. The fourth-order valence-corrected chi connectivity index (χ4v) is 3.93. The Morgan fingerprint density at radius 1 is 0.909 bits per heavy atom. The van der Waals surface area contributed by atoms with Gasteiger partial charge < -0.3 is 9.47 Å². The molecule has 0 radical (unpaired) electrons. The Labute approximate surface area is 202 Å². The summed E-state index contributed by atoms with van der Waals surface area (Å²) in [6.07, 6.45) is 2.09. The van der Waals surface area contributed by atoms with Crippen molar-refractivity contribution >= 4 is 23.3 Å². The number of allylic oxidation sites excluding steroid dienone is 1. The Bertz CT molecular complexity index is 993. The molecule has 0 saturated heterocycles. The second-order valence-corrected chi connectivity index (χ2v) is 8.54. The third-order valence-electron chi connectivity index (χ3n) is 4.84. The van der Waals surface area contributed by atoms with E-state index in [0.29, 0.717) is 13.2 Å². The molecule has 0 aliphatic rings. The van der Waals surface area contributed by atoms with Crippen molar-refractivity contribution in [3.8, 4) is 16.9 Å². The van der Waals surface area contributed by atoms with Crippen LogP contribution in [-0.2, 0) is 9.53 Å². The predicted octanol–water partition coefficient (Wildman–Crippen LogP) is 7.91. The van der Waals surface area contributed by atoms with Crippen LogP contribution in [0.3, 0.4) is 0 Å². The lowest BCUT2D eigenvalue weighted by molar-refractivity contribution is -0.142. The summed E-state index contributed by atoms with van der Waals surface area (Å²) in [5, 5.41) is -0.231. The Balaban J connectivity index is 0.00000187. The van der Waals surface area contributed by atoms with E-state index in [-0.39, 0.29) is 11.2 Å². The summed E-state index contributed by atoms with van der Waals surface area (Å²) < 4.78 is 10.9. The Morgan fingerprint density at radius 3 is 2.12 bits per heavy atom. The molecule has 3 rings (SSSR count). The van der Waals surface area contributed by atoms with Crippen LogP contribution < -0.4 is 4.74 Å². The van der Waals surface area contributed by atoms with Gasteiger partial charge in [0.15, 0.2) is 0 Å². The molecule has 0 fully saturated rings. The number of carbonyl (C=O) groups is 1. The number of benzene rings is 3. The molecular formula is C29H34O3S. The summed E-state index contributed by atoms with van der Waals surface area (Å²) in [4.78, 5) is 12.8. The molecule has 3 aromatic rings. The first-order valence-electron chi connectivity index (χ1n) is 11.5. The molecule has 0 heterocycles. The van der Waals surface area contributed by atoms with E-state index >= 15 is 0 Å². The lowest BCUT2D eigenvalue weighted by Crippen LogP contribution is -2.16. The molecule has 0 aromatic heterocycles. The maximum Gasteiger partial charge on any atom is 0.319 e. The molecule has 0 spiro atoms. The van der Waals surface area contributed by atoms with E-state index in [0.717, 1.165) is 10.6 Å². The van der Waals surface area contributed by atoms with Crippen LogP contribution in [-0.4, -0.2) is 24.4 Å². The van der Waals surface area contributed by atoms with E-state index in [1.54, 1.807) is 0 Å². The quantitative estimate of drug-likeness (QED) is 0.239. The fourth-order valence-electron chi connectivity index (χ4n) is 3.06. The number of carbonyl (C=O) groups excluding carboxylic acids is 1. The van der Waals surface area contributed by atoms with Crippen molar-refractivity contribution in [2.75, 3.05) is 13.2 Å². The summed E-state index contributed by atoms with van der Waals surface area (Å²) >= 11 is 1.48. The van der Waals surface area contributed by atoms with Crippen LogP contribution in [0.4, 0.5) is 0 Å². The molecule has 1 unspecified atom stereocenters. The molecule has 0 saturated carbocycles. The number of rotatable bonds is 9. The van der Waals surface area contributed by atoms with E-state index in [9.17, 15) is 4.79 Å². The molecule has 0 N–H and O–H groups in total. The molecule has 3 nitrogen and oxygen atoms in total. The number of thioether (sulfide) groups is 1. The molecule has 0 aliphatic carbocycles. The minimum absolute atomic E-state index is 0.190. The highest BCUT2D eigenvalue weighted by Crippen LogP contribution is 2.26. The Hall–Kier alpha value is -2.98. The number of ether oxygens (including phenoxy) is 2. The lowest BCUT2D eigenvalue weighted by Gasteiger charge is -2.11. The van der Waals surface area contributed by atoms with Gasteiger partial charge in [0, 0.05) is 4.90 Å². The van der Waals surface area contributed by atoms with Gasteiger partial charge in [-0.15, -0.1) is 11.8 Å². The molecule has 174 valence electrons. The molecule has 0 bridgehead atoms. The summed E-state index contributed by atoms with van der Waals surface area (Å²) in [7, 11) is 0. The van der Waals surface area contributed by atoms with Crippen LogP contribution in [0.15, 0.2) is 89.8 Å². The van der Waals surface area contributed by atoms with Crippen LogP contribution in [0.1, 0.15) is 40.2 Å². The predicted molar refractivity (Wildman–Crippen MR) is 141 cm³/mol. The molecule has 33 heavy (non-hydrogen) atoms. The van der Waals surface area contributed by atoms with Crippen molar-refractivity contribution in [3.63, 3.8) is 0 Å². The van der Waals surface area contributed by atoms with Gasteiger partial charge in [0.1, 0.15) is 17.6 Å². The molecule has 0 aliphatic heterocycles. The zero-order chi connectivity index (χ0) is 24.1. The maximum atomic E-state index is 11.8.